The molecule has 28 heavy (non-hydrogen) atoms. The molecule has 1 aromatic heterocycles. The predicted octanol–water partition coefficient (Wildman–Crippen LogP) is 4.20. The van der Waals surface area contributed by atoms with Gasteiger partial charge in [0.1, 0.15) is 5.75 Å². The number of ether oxygens (including phenoxy) is 1. The Bertz CT molecular complexity index is 918. The van der Waals surface area contributed by atoms with Gasteiger partial charge < -0.3 is 4.74 Å². The van der Waals surface area contributed by atoms with Crippen LogP contribution in [0.2, 0.25) is 0 Å². The average molecular weight is 395 g/mol. The first-order valence-electron chi connectivity index (χ1n) is 8.84. The minimum atomic E-state index is -0.390. The van der Waals surface area contributed by atoms with Gasteiger partial charge in [-0.15, -0.1) is 0 Å². The maximum atomic E-state index is 11.1. The van der Waals surface area contributed by atoms with Crippen LogP contribution in [0.25, 0.3) is 22.5 Å². The van der Waals surface area contributed by atoms with Gasteiger partial charge in [-0.1, -0.05) is 42.1 Å². The molecule has 3 rings (SSSR count). The van der Waals surface area contributed by atoms with Crippen molar-refractivity contribution in [1.82, 2.24) is 15.4 Å². The zero-order valence-corrected chi connectivity index (χ0v) is 16.3. The van der Waals surface area contributed by atoms with Gasteiger partial charge in [-0.3, -0.25) is 10.0 Å². The molecule has 3 aromatic rings. The summed E-state index contributed by atoms with van der Waals surface area (Å²) in [5.41, 5.74) is 5.30. The van der Waals surface area contributed by atoms with Crippen molar-refractivity contribution < 1.29 is 14.7 Å². The average Bonchev–Trinajstić information content (AvgIpc) is 2.77. The van der Waals surface area contributed by atoms with Gasteiger partial charge >= 0.3 is 0 Å². The van der Waals surface area contributed by atoms with E-state index in [9.17, 15) is 4.79 Å². The van der Waals surface area contributed by atoms with E-state index in [0.29, 0.717) is 17.3 Å². The molecule has 0 bridgehead atoms. The third-order valence-electron chi connectivity index (χ3n) is 4.07. The lowest BCUT2D eigenvalue weighted by Gasteiger charge is -2.09. The van der Waals surface area contributed by atoms with Gasteiger partial charge in [-0.25, -0.2) is 15.4 Å². The largest absolute Gasteiger partial charge is 0.497 e. The summed E-state index contributed by atoms with van der Waals surface area (Å²) in [7, 11) is 1.64. The lowest BCUT2D eigenvalue weighted by Crippen LogP contribution is -2.18. The van der Waals surface area contributed by atoms with Crippen molar-refractivity contribution in [2.24, 2.45) is 0 Å². The molecule has 0 atom stereocenters. The van der Waals surface area contributed by atoms with E-state index in [2.05, 4.69) is 9.97 Å². The summed E-state index contributed by atoms with van der Waals surface area (Å²) in [4.78, 5) is 20.5. The first-order valence-corrected chi connectivity index (χ1v) is 9.83. The van der Waals surface area contributed by atoms with Crippen LogP contribution < -0.4 is 10.2 Å². The quantitative estimate of drug-likeness (QED) is 0.196. The Morgan fingerprint density at radius 3 is 2.29 bits per heavy atom. The normalized spacial score (nSPS) is 10.5. The molecule has 0 fully saturated rings. The number of amides is 1. The minimum absolute atomic E-state index is 0.257. The summed E-state index contributed by atoms with van der Waals surface area (Å²) < 4.78 is 5.23. The number of aromatic nitrogens is 2. The molecule has 0 aliphatic rings. The van der Waals surface area contributed by atoms with E-state index < -0.39 is 5.91 Å². The van der Waals surface area contributed by atoms with Crippen LogP contribution in [0, 0.1) is 0 Å². The Morgan fingerprint density at radius 2 is 1.68 bits per heavy atom. The van der Waals surface area contributed by atoms with Gasteiger partial charge in [0.15, 0.2) is 5.16 Å². The molecule has 0 unspecified atom stereocenters. The number of nitrogens with zero attached hydrogens (tertiary/aromatic N) is 2. The lowest BCUT2D eigenvalue weighted by molar-refractivity contribution is -0.129. The van der Waals surface area contributed by atoms with E-state index in [1.807, 2.05) is 60.7 Å². The molecule has 0 saturated carbocycles. The van der Waals surface area contributed by atoms with E-state index in [0.717, 1.165) is 28.3 Å². The molecule has 0 aliphatic carbocycles. The summed E-state index contributed by atoms with van der Waals surface area (Å²) in [5, 5.41) is 9.22. The fourth-order valence-corrected chi connectivity index (χ4v) is 3.41. The van der Waals surface area contributed by atoms with Crippen LogP contribution in [-0.2, 0) is 4.79 Å². The van der Waals surface area contributed by atoms with Gasteiger partial charge in [-0.05, 0) is 36.8 Å². The van der Waals surface area contributed by atoms with Crippen molar-refractivity contribution in [2.45, 2.75) is 18.0 Å². The van der Waals surface area contributed by atoms with Crippen molar-refractivity contribution in [1.29, 1.82) is 0 Å². The molecule has 0 saturated heterocycles. The fraction of sp³-hybridized carbons (Fsp3) is 0.190. The van der Waals surface area contributed by atoms with E-state index in [1.54, 1.807) is 12.6 Å². The molecule has 2 N–H and O–H groups in total. The third-order valence-corrected chi connectivity index (χ3v) is 5.00. The maximum absolute atomic E-state index is 11.1. The van der Waals surface area contributed by atoms with E-state index in [-0.39, 0.29) is 6.42 Å². The fourth-order valence-electron chi connectivity index (χ4n) is 2.61. The number of carbonyl (C=O) groups is 1. The standard InChI is InChI=1S/C21H21N3O3S/c1-27-17-11-9-16(10-12-17)19-14-18(15-6-3-2-4-7-15)22-21(23-19)28-13-5-8-20(25)24-26/h2-4,6-7,9-12,14,26H,5,8,13H2,1H3,(H,24,25). The third kappa shape index (κ3) is 5.31. The van der Waals surface area contributed by atoms with Crippen LogP contribution in [0.3, 0.4) is 0 Å². The first kappa shape index (κ1) is 19.9. The van der Waals surface area contributed by atoms with Crippen molar-refractivity contribution in [3.8, 4) is 28.3 Å². The maximum Gasteiger partial charge on any atom is 0.243 e. The highest BCUT2D eigenvalue weighted by molar-refractivity contribution is 7.99. The number of carbonyl (C=O) groups excluding carboxylic acids is 1. The molecular formula is C21H21N3O3S. The lowest BCUT2D eigenvalue weighted by atomic mass is 10.1. The summed E-state index contributed by atoms with van der Waals surface area (Å²) >= 11 is 1.49. The molecular weight excluding hydrogens is 374 g/mol. The minimum Gasteiger partial charge on any atom is -0.497 e. The number of hydroxylamine groups is 1. The second-order valence-corrected chi connectivity index (χ2v) is 7.06. The number of methoxy groups -OCH3 is 1. The van der Waals surface area contributed by atoms with Crippen LogP contribution in [0.5, 0.6) is 5.75 Å². The van der Waals surface area contributed by atoms with Crippen LogP contribution in [0.1, 0.15) is 12.8 Å². The zero-order valence-electron chi connectivity index (χ0n) is 15.5. The number of nitrogens with one attached hydrogen (secondary N) is 1. The zero-order chi connectivity index (χ0) is 19.8. The molecule has 0 aliphatic heterocycles. The van der Waals surface area contributed by atoms with Crippen LogP contribution in [0.4, 0.5) is 0 Å². The smallest absolute Gasteiger partial charge is 0.243 e. The molecule has 0 radical (unpaired) electrons. The summed E-state index contributed by atoms with van der Waals surface area (Å²) in [6.07, 6.45) is 0.876. The molecule has 1 amide bonds. The van der Waals surface area contributed by atoms with E-state index in [4.69, 9.17) is 9.94 Å². The Kier molecular flexibility index (Phi) is 7.00. The van der Waals surface area contributed by atoms with Gasteiger partial charge in [0, 0.05) is 23.3 Å². The number of hydrogen-bond donors (Lipinski definition) is 2. The number of benzene rings is 2. The van der Waals surface area contributed by atoms with Crippen molar-refractivity contribution in [3.05, 3.63) is 60.7 Å². The van der Waals surface area contributed by atoms with Gasteiger partial charge in [0.05, 0.1) is 18.5 Å². The SMILES string of the molecule is COc1ccc(-c2cc(-c3ccccc3)nc(SCCCC(=O)NO)n2)cc1. The van der Waals surface area contributed by atoms with E-state index in [1.165, 1.54) is 11.8 Å². The number of rotatable bonds is 8. The summed E-state index contributed by atoms with van der Waals surface area (Å²) in [5.74, 6) is 1.07. The second kappa shape index (κ2) is 9.87. The number of thioether (sulfide) groups is 1. The molecule has 2 aromatic carbocycles. The van der Waals surface area contributed by atoms with Crippen LogP contribution in [0.15, 0.2) is 65.8 Å². The van der Waals surface area contributed by atoms with Crippen LogP contribution in [-0.4, -0.2) is 33.9 Å². The highest BCUT2D eigenvalue weighted by Crippen LogP contribution is 2.28. The molecule has 144 valence electrons. The topological polar surface area (TPSA) is 84.3 Å². The monoisotopic (exact) mass is 395 g/mol. The molecule has 1 heterocycles. The summed E-state index contributed by atoms with van der Waals surface area (Å²) in [6.45, 7) is 0. The number of hydrogen-bond acceptors (Lipinski definition) is 6. The van der Waals surface area contributed by atoms with Crippen molar-refractivity contribution in [3.63, 3.8) is 0 Å². The Hall–Kier alpha value is -2.90. The van der Waals surface area contributed by atoms with Crippen molar-refractivity contribution >= 4 is 17.7 Å². The second-order valence-electron chi connectivity index (χ2n) is 6.00. The van der Waals surface area contributed by atoms with Crippen LogP contribution >= 0.6 is 11.8 Å². The Balaban J connectivity index is 1.86. The highest BCUT2D eigenvalue weighted by atomic mass is 32.2. The first-order chi connectivity index (χ1) is 13.7. The Morgan fingerprint density at radius 1 is 1.04 bits per heavy atom. The van der Waals surface area contributed by atoms with Crippen molar-refractivity contribution in [2.75, 3.05) is 12.9 Å². The predicted molar refractivity (Wildman–Crippen MR) is 109 cm³/mol. The molecule has 7 heteroatoms. The van der Waals surface area contributed by atoms with Gasteiger partial charge in [-0.2, -0.15) is 0 Å². The molecule has 0 spiro atoms. The van der Waals surface area contributed by atoms with Gasteiger partial charge in [0.2, 0.25) is 5.91 Å². The van der Waals surface area contributed by atoms with Gasteiger partial charge in [0.25, 0.3) is 0 Å². The molecule has 6 nitrogen and oxygen atoms in total. The Labute approximate surface area is 168 Å². The summed E-state index contributed by atoms with van der Waals surface area (Å²) in [6, 6.07) is 19.7. The highest BCUT2D eigenvalue weighted by Gasteiger charge is 2.10. The van der Waals surface area contributed by atoms with E-state index >= 15 is 0 Å².